The number of nitrogens with one attached hydrogen (secondary N) is 1. The van der Waals surface area contributed by atoms with Crippen LogP contribution in [0.2, 0.25) is 0 Å². The molecule has 0 saturated carbocycles. The number of anilines is 1. The highest BCUT2D eigenvalue weighted by Crippen LogP contribution is 2.05. The van der Waals surface area contributed by atoms with Crippen LogP contribution in [0.5, 0.6) is 0 Å². The van der Waals surface area contributed by atoms with Gasteiger partial charge in [0.25, 0.3) is 0 Å². The number of aromatic nitrogens is 3. The van der Waals surface area contributed by atoms with Crippen LogP contribution in [0.1, 0.15) is 18.9 Å². The number of halogens is 2. The Balaban J connectivity index is 0.00000220. The average molecular weight is 346 g/mol. The summed E-state index contributed by atoms with van der Waals surface area (Å²) < 4.78 is 1.81. The molecule has 2 aromatic rings. The zero-order valence-corrected chi connectivity index (χ0v) is 13.9. The smallest absolute Gasteiger partial charge is 0.227 e. The molecule has 0 aliphatic rings. The fourth-order valence-corrected chi connectivity index (χ4v) is 1.83. The van der Waals surface area contributed by atoms with Crippen molar-refractivity contribution in [2.75, 3.05) is 5.32 Å². The van der Waals surface area contributed by atoms with Gasteiger partial charge in [0.2, 0.25) is 5.91 Å². The molecule has 0 bridgehead atoms. The largest absolute Gasteiger partial charge is 0.327 e. The molecule has 122 valence electrons. The predicted octanol–water partition coefficient (Wildman–Crippen LogP) is 2.04. The van der Waals surface area contributed by atoms with Gasteiger partial charge in [-0.1, -0.05) is 0 Å². The fourth-order valence-electron chi connectivity index (χ4n) is 1.83. The third kappa shape index (κ3) is 6.89. The first-order valence-electron chi connectivity index (χ1n) is 6.61. The highest BCUT2D eigenvalue weighted by Gasteiger charge is 2.07. The van der Waals surface area contributed by atoms with Crippen molar-refractivity contribution in [3.05, 3.63) is 42.4 Å². The molecule has 0 aromatic carbocycles. The number of carbonyl (C=O) groups excluding carboxylic acids is 1. The van der Waals surface area contributed by atoms with Crippen LogP contribution in [0.15, 0.2) is 36.8 Å². The third-order valence-corrected chi connectivity index (χ3v) is 2.79. The van der Waals surface area contributed by atoms with Gasteiger partial charge in [-0.05, 0) is 31.0 Å². The number of aryl methyl sites for hydroxylation is 2. The second-order valence-corrected chi connectivity index (χ2v) is 4.80. The van der Waals surface area contributed by atoms with Gasteiger partial charge in [-0.3, -0.25) is 14.5 Å². The lowest BCUT2D eigenvalue weighted by atomic mass is 10.2. The van der Waals surface area contributed by atoms with Crippen molar-refractivity contribution in [3.8, 4) is 0 Å². The molecule has 6 nitrogen and oxygen atoms in total. The van der Waals surface area contributed by atoms with Crippen LogP contribution in [0, 0.1) is 0 Å². The molecule has 0 radical (unpaired) electrons. The SMILES string of the molecule is CC(N)CC(=O)Nc1ccn(CCc2ccncc2)n1.Cl.Cl. The predicted molar refractivity (Wildman–Crippen MR) is 91.6 cm³/mol. The summed E-state index contributed by atoms with van der Waals surface area (Å²) in [5, 5.41) is 7.03. The van der Waals surface area contributed by atoms with Gasteiger partial charge in [0.15, 0.2) is 5.82 Å². The van der Waals surface area contributed by atoms with Crippen LogP contribution in [0.3, 0.4) is 0 Å². The van der Waals surface area contributed by atoms with Gasteiger partial charge < -0.3 is 11.1 Å². The lowest BCUT2D eigenvalue weighted by molar-refractivity contribution is -0.116. The zero-order chi connectivity index (χ0) is 14.4. The Kier molecular flexibility index (Phi) is 9.40. The van der Waals surface area contributed by atoms with Gasteiger partial charge >= 0.3 is 0 Å². The summed E-state index contributed by atoms with van der Waals surface area (Å²) in [5.41, 5.74) is 6.78. The molecule has 2 heterocycles. The van der Waals surface area contributed by atoms with Crippen LogP contribution in [0.25, 0.3) is 0 Å². The Morgan fingerprint density at radius 2 is 2.00 bits per heavy atom. The lowest BCUT2D eigenvalue weighted by Crippen LogP contribution is -2.24. The van der Waals surface area contributed by atoms with E-state index in [0.717, 1.165) is 13.0 Å². The van der Waals surface area contributed by atoms with E-state index in [1.165, 1.54) is 5.56 Å². The Labute approximate surface area is 142 Å². The number of hydrogen-bond acceptors (Lipinski definition) is 4. The minimum atomic E-state index is -0.149. The van der Waals surface area contributed by atoms with Crippen molar-refractivity contribution in [1.82, 2.24) is 14.8 Å². The second-order valence-electron chi connectivity index (χ2n) is 4.80. The van der Waals surface area contributed by atoms with Crippen LogP contribution in [-0.4, -0.2) is 26.7 Å². The molecule has 1 amide bonds. The molecule has 1 atom stereocenters. The maximum absolute atomic E-state index is 11.6. The number of rotatable bonds is 6. The van der Waals surface area contributed by atoms with Crippen molar-refractivity contribution < 1.29 is 4.79 Å². The Hall–Kier alpha value is -1.63. The van der Waals surface area contributed by atoms with E-state index in [1.54, 1.807) is 25.4 Å². The normalized spacial score (nSPS) is 11.0. The van der Waals surface area contributed by atoms with Crippen molar-refractivity contribution in [2.45, 2.75) is 32.4 Å². The van der Waals surface area contributed by atoms with Gasteiger partial charge in [-0.15, -0.1) is 24.8 Å². The second kappa shape index (κ2) is 10.2. The average Bonchev–Trinajstić information content (AvgIpc) is 2.84. The quantitative estimate of drug-likeness (QED) is 0.838. The van der Waals surface area contributed by atoms with Crippen molar-refractivity contribution >= 4 is 36.5 Å². The first kappa shape index (κ1) is 20.4. The Morgan fingerprint density at radius 1 is 1.32 bits per heavy atom. The lowest BCUT2D eigenvalue weighted by Gasteiger charge is -2.04. The van der Waals surface area contributed by atoms with E-state index in [2.05, 4.69) is 15.4 Å². The van der Waals surface area contributed by atoms with Crippen LogP contribution in [0.4, 0.5) is 5.82 Å². The monoisotopic (exact) mass is 345 g/mol. The highest BCUT2D eigenvalue weighted by atomic mass is 35.5. The minimum Gasteiger partial charge on any atom is -0.327 e. The molecule has 0 fully saturated rings. The van der Waals surface area contributed by atoms with Gasteiger partial charge in [0.1, 0.15) is 0 Å². The first-order valence-corrected chi connectivity index (χ1v) is 6.61. The van der Waals surface area contributed by atoms with E-state index in [1.807, 2.05) is 23.0 Å². The summed E-state index contributed by atoms with van der Waals surface area (Å²) in [7, 11) is 0. The summed E-state index contributed by atoms with van der Waals surface area (Å²) in [4.78, 5) is 15.5. The van der Waals surface area contributed by atoms with E-state index < -0.39 is 0 Å². The summed E-state index contributed by atoms with van der Waals surface area (Å²) in [6.07, 6.45) is 6.57. The van der Waals surface area contributed by atoms with E-state index in [4.69, 9.17) is 5.73 Å². The number of nitrogens with two attached hydrogens (primary N) is 1. The van der Waals surface area contributed by atoms with E-state index in [0.29, 0.717) is 12.2 Å². The number of amides is 1. The van der Waals surface area contributed by atoms with Gasteiger partial charge in [-0.2, -0.15) is 5.10 Å². The van der Waals surface area contributed by atoms with E-state index >= 15 is 0 Å². The first-order chi connectivity index (χ1) is 9.63. The highest BCUT2D eigenvalue weighted by molar-refractivity contribution is 5.90. The molecule has 0 aliphatic heterocycles. The molecule has 0 aliphatic carbocycles. The summed E-state index contributed by atoms with van der Waals surface area (Å²) >= 11 is 0. The number of hydrogen-bond donors (Lipinski definition) is 2. The molecule has 0 spiro atoms. The van der Waals surface area contributed by atoms with E-state index in [9.17, 15) is 4.79 Å². The van der Waals surface area contributed by atoms with Crippen LogP contribution < -0.4 is 11.1 Å². The fraction of sp³-hybridized carbons (Fsp3) is 0.357. The Bertz CT molecular complexity index is 559. The van der Waals surface area contributed by atoms with Crippen molar-refractivity contribution in [3.63, 3.8) is 0 Å². The standard InChI is InChI=1S/C14H19N5O.2ClH/c1-11(15)10-14(20)17-13-5-9-19(18-13)8-4-12-2-6-16-7-3-12;;/h2-3,5-7,9,11H,4,8,10,15H2,1H3,(H,17,18,20);2*1H. The molecule has 3 N–H and O–H groups in total. The summed E-state index contributed by atoms with van der Waals surface area (Å²) in [6.45, 7) is 2.56. The van der Waals surface area contributed by atoms with Crippen LogP contribution in [-0.2, 0) is 17.8 Å². The molecule has 8 heteroatoms. The zero-order valence-electron chi connectivity index (χ0n) is 12.3. The molecule has 1 unspecified atom stereocenters. The molecular weight excluding hydrogens is 325 g/mol. The van der Waals surface area contributed by atoms with E-state index in [-0.39, 0.29) is 36.8 Å². The summed E-state index contributed by atoms with van der Waals surface area (Å²) in [6, 6.07) is 5.60. The summed E-state index contributed by atoms with van der Waals surface area (Å²) in [5.74, 6) is 0.449. The van der Waals surface area contributed by atoms with Gasteiger partial charge in [0, 0.05) is 43.7 Å². The molecule has 2 aromatic heterocycles. The van der Waals surface area contributed by atoms with Crippen molar-refractivity contribution in [2.24, 2.45) is 5.73 Å². The van der Waals surface area contributed by atoms with Crippen molar-refractivity contribution in [1.29, 1.82) is 0 Å². The third-order valence-electron chi connectivity index (χ3n) is 2.79. The maximum atomic E-state index is 11.6. The number of pyridine rings is 1. The molecule has 0 saturated heterocycles. The topological polar surface area (TPSA) is 85.8 Å². The number of carbonyl (C=O) groups is 1. The Morgan fingerprint density at radius 3 is 2.64 bits per heavy atom. The number of nitrogens with zero attached hydrogens (tertiary/aromatic N) is 3. The minimum absolute atomic E-state index is 0. The molecule has 22 heavy (non-hydrogen) atoms. The van der Waals surface area contributed by atoms with Gasteiger partial charge in [-0.25, -0.2) is 0 Å². The molecular formula is C14H21Cl2N5O. The van der Waals surface area contributed by atoms with Crippen LogP contribution >= 0.6 is 24.8 Å². The van der Waals surface area contributed by atoms with Gasteiger partial charge in [0.05, 0.1) is 0 Å². The maximum Gasteiger partial charge on any atom is 0.227 e. The molecule has 2 rings (SSSR count).